The SMILES string of the molecule is O=C(O)/C=C/c1ccccc1Oc1ccc(F)cc1. The molecule has 3 nitrogen and oxygen atoms in total. The predicted octanol–water partition coefficient (Wildman–Crippen LogP) is 3.72. The molecule has 19 heavy (non-hydrogen) atoms. The third-order valence-electron chi connectivity index (χ3n) is 2.37. The highest BCUT2D eigenvalue weighted by Crippen LogP contribution is 2.26. The summed E-state index contributed by atoms with van der Waals surface area (Å²) < 4.78 is 18.4. The van der Waals surface area contributed by atoms with Gasteiger partial charge in [0, 0.05) is 11.6 Å². The number of hydrogen-bond donors (Lipinski definition) is 1. The third kappa shape index (κ3) is 3.67. The van der Waals surface area contributed by atoms with Gasteiger partial charge in [0.25, 0.3) is 0 Å². The summed E-state index contributed by atoms with van der Waals surface area (Å²) in [6.07, 6.45) is 2.48. The maximum atomic E-state index is 12.8. The van der Waals surface area contributed by atoms with E-state index in [1.54, 1.807) is 24.3 Å². The van der Waals surface area contributed by atoms with Gasteiger partial charge in [0.15, 0.2) is 0 Å². The molecular weight excluding hydrogens is 247 g/mol. The summed E-state index contributed by atoms with van der Waals surface area (Å²) in [5.41, 5.74) is 0.634. The summed E-state index contributed by atoms with van der Waals surface area (Å²) in [5.74, 6) is -0.382. The molecule has 0 amide bonds. The molecule has 1 N–H and O–H groups in total. The smallest absolute Gasteiger partial charge is 0.328 e. The Morgan fingerprint density at radius 2 is 1.79 bits per heavy atom. The van der Waals surface area contributed by atoms with Crippen molar-refractivity contribution in [3.8, 4) is 11.5 Å². The first kappa shape index (κ1) is 12.8. The molecule has 4 heteroatoms. The van der Waals surface area contributed by atoms with E-state index in [1.165, 1.54) is 30.3 Å². The van der Waals surface area contributed by atoms with E-state index in [0.717, 1.165) is 6.08 Å². The average Bonchev–Trinajstić information content (AvgIpc) is 2.40. The van der Waals surface area contributed by atoms with Crippen LogP contribution in [-0.4, -0.2) is 11.1 Å². The van der Waals surface area contributed by atoms with Gasteiger partial charge in [-0.15, -0.1) is 0 Å². The second kappa shape index (κ2) is 5.82. The minimum absolute atomic E-state index is 0.341. The van der Waals surface area contributed by atoms with E-state index in [0.29, 0.717) is 17.1 Å². The molecule has 0 bridgehead atoms. The fourth-order valence-corrected chi connectivity index (χ4v) is 1.50. The lowest BCUT2D eigenvalue weighted by Gasteiger charge is -2.08. The molecule has 0 aromatic heterocycles. The van der Waals surface area contributed by atoms with Crippen molar-refractivity contribution in [2.45, 2.75) is 0 Å². The van der Waals surface area contributed by atoms with E-state index < -0.39 is 5.97 Å². The highest BCUT2D eigenvalue weighted by molar-refractivity contribution is 5.85. The number of rotatable bonds is 4. The van der Waals surface area contributed by atoms with Gasteiger partial charge in [0.2, 0.25) is 0 Å². The van der Waals surface area contributed by atoms with Gasteiger partial charge in [-0.25, -0.2) is 9.18 Å². The van der Waals surface area contributed by atoms with Crippen LogP contribution in [0.2, 0.25) is 0 Å². The van der Waals surface area contributed by atoms with Crippen LogP contribution in [0.5, 0.6) is 11.5 Å². The second-order valence-corrected chi connectivity index (χ2v) is 3.77. The van der Waals surface area contributed by atoms with Crippen molar-refractivity contribution >= 4 is 12.0 Å². The van der Waals surface area contributed by atoms with Crippen molar-refractivity contribution in [3.63, 3.8) is 0 Å². The Bertz CT molecular complexity index is 603. The molecule has 0 radical (unpaired) electrons. The first-order chi connectivity index (χ1) is 9.15. The molecule has 0 atom stereocenters. The summed E-state index contributed by atoms with van der Waals surface area (Å²) in [5, 5.41) is 8.62. The van der Waals surface area contributed by atoms with E-state index in [4.69, 9.17) is 9.84 Å². The molecule has 0 aliphatic rings. The van der Waals surface area contributed by atoms with E-state index >= 15 is 0 Å². The minimum Gasteiger partial charge on any atom is -0.478 e. The molecule has 0 saturated heterocycles. The zero-order valence-electron chi connectivity index (χ0n) is 9.92. The summed E-state index contributed by atoms with van der Waals surface area (Å²) in [4.78, 5) is 10.5. The van der Waals surface area contributed by atoms with Crippen LogP contribution in [0.15, 0.2) is 54.6 Å². The average molecular weight is 258 g/mol. The number of para-hydroxylation sites is 1. The molecule has 2 rings (SSSR count). The van der Waals surface area contributed by atoms with Crippen molar-refractivity contribution < 1.29 is 19.0 Å². The summed E-state index contributed by atoms with van der Waals surface area (Å²) in [6, 6.07) is 12.6. The van der Waals surface area contributed by atoms with Crippen LogP contribution in [0.25, 0.3) is 6.08 Å². The van der Waals surface area contributed by atoms with E-state index in [9.17, 15) is 9.18 Å². The highest BCUT2D eigenvalue weighted by atomic mass is 19.1. The van der Waals surface area contributed by atoms with Gasteiger partial charge in [-0.3, -0.25) is 0 Å². The lowest BCUT2D eigenvalue weighted by molar-refractivity contribution is -0.131. The van der Waals surface area contributed by atoms with Crippen LogP contribution in [0.1, 0.15) is 5.56 Å². The van der Waals surface area contributed by atoms with Gasteiger partial charge in [-0.05, 0) is 36.4 Å². The standard InChI is InChI=1S/C15H11FO3/c16-12-6-8-13(9-7-12)19-14-4-2-1-3-11(14)5-10-15(17)18/h1-10H,(H,17,18)/b10-5+. The fourth-order valence-electron chi connectivity index (χ4n) is 1.50. The molecule has 2 aromatic carbocycles. The number of ether oxygens (including phenoxy) is 1. The van der Waals surface area contributed by atoms with Gasteiger partial charge in [0.1, 0.15) is 17.3 Å². The van der Waals surface area contributed by atoms with Crippen molar-refractivity contribution in [1.29, 1.82) is 0 Å². The minimum atomic E-state index is -1.03. The van der Waals surface area contributed by atoms with Crippen LogP contribution in [-0.2, 0) is 4.79 Å². The van der Waals surface area contributed by atoms with Gasteiger partial charge in [0.05, 0.1) is 0 Å². The molecule has 0 aliphatic carbocycles. The number of carboxylic acid groups (broad SMARTS) is 1. The summed E-state index contributed by atoms with van der Waals surface area (Å²) in [7, 11) is 0. The largest absolute Gasteiger partial charge is 0.478 e. The normalized spacial score (nSPS) is 10.6. The zero-order chi connectivity index (χ0) is 13.7. The molecular formula is C15H11FO3. The third-order valence-corrected chi connectivity index (χ3v) is 2.37. The number of hydrogen-bond acceptors (Lipinski definition) is 2. The maximum Gasteiger partial charge on any atom is 0.328 e. The Morgan fingerprint density at radius 3 is 2.47 bits per heavy atom. The first-order valence-corrected chi connectivity index (χ1v) is 5.58. The van der Waals surface area contributed by atoms with Gasteiger partial charge >= 0.3 is 5.97 Å². The van der Waals surface area contributed by atoms with E-state index in [1.807, 2.05) is 0 Å². The quantitative estimate of drug-likeness (QED) is 0.850. The summed E-state index contributed by atoms with van der Waals surface area (Å²) >= 11 is 0. The molecule has 0 heterocycles. The monoisotopic (exact) mass is 258 g/mol. The Kier molecular flexibility index (Phi) is 3.93. The molecule has 0 spiro atoms. The molecule has 0 saturated carbocycles. The van der Waals surface area contributed by atoms with E-state index in [2.05, 4.69) is 0 Å². The molecule has 0 fully saturated rings. The van der Waals surface area contributed by atoms with Gasteiger partial charge < -0.3 is 9.84 Å². The van der Waals surface area contributed by atoms with Crippen molar-refractivity contribution in [2.75, 3.05) is 0 Å². The summed E-state index contributed by atoms with van der Waals surface area (Å²) in [6.45, 7) is 0. The van der Waals surface area contributed by atoms with Gasteiger partial charge in [-0.1, -0.05) is 18.2 Å². The number of carbonyl (C=O) groups is 1. The Balaban J connectivity index is 2.24. The zero-order valence-corrected chi connectivity index (χ0v) is 9.92. The Morgan fingerprint density at radius 1 is 1.11 bits per heavy atom. The molecule has 96 valence electrons. The molecule has 0 unspecified atom stereocenters. The van der Waals surface area contributed by atoms with Crippen molar-refractivity contribution in [1.82, 2.24) is 0 Å². The lowest BCUT2D eigenvalue weighted by Crippen LogP contribution is -1.89. The number of benzene rings is 2. The van der Waals surface area contributed by atoms with Crippen LogP contribution in [0.4, 0.5) is 4.39 Å². The maximum absolute atomic E-state index is 12.8. The van der Waals surface area contributed by atoms with E-state index in [-0.39, 0.29) is 5.82 Å². The number of carboxylic acids is 1. The lowest BCUT2D eigenvalue weighted by atomic mass is 10.2. The van der Waals surface area contributed by atoms with Crippen molar-refractivity contribution in [2.24, 2.45) is 0 Å². The Hall–Kier alpha value is -2.62. The predicted molar refractivity (Wildman–Crippen MR) is 69.6 cm³/mol. The van der Waals surface area contributed by atoms with Crippen LogP contribution in [0.3, 0.4) is 0 Å². The molecule has 2 aromatic rings. The van der Waals surface area contributed by atoms with Crippen LogP contribution < -0.4 is 4.74 Å². The Labute approximate surface area is 109 Å². The molecule has 0 aliphatic heterocycles. The highest BCUT2D eigenvalue weighted by Gasteiger charge is 2.02. The van der Waals surface area contributed by atoms with Gasteiger partial charge in [-0.2, -0.15) is 0 Å². The number of aliphatic carboxylic acids is 1. The van der Waals surface area contributed by atoms with Crippen LogP contribution >= 0.6 is 0 Å². The first-order valence-electron chi connectivity index (χ1n) is 5.58. The topological polar surface area (TPSA) is 46.5 Å². The number of halogens is 1. The second-order valence-electron chi connectivity index (χ2n) is 3.77. The van der Waals surface area contributed by atoms with Crippen LogP contribution in [0, 0.1) is 5.82 Å². The van der Waals surface area contributed by atoms with Crippen molar-refractivity contribution in [3.05, 3.63) is 66.0 Å². The fraction of sp³-hybridized carbons (Fsp3) is 0.